The molecule has 1 saturated heterocycles. The number of H-pyrrole nitrogens is 1. The van der Waals surface area contributed by atoms with Crippen LogP contribution in [0.2, 0.25) is 0 Å². The zero-order valence-corrected chi connectivity index (χ0v) is 13.4. The highest BCUT2D eigenvalue weighted by atomic mass is 16.3. The molecule has 0 unspecified atom stereocenters. The standard InChI is InChI=1S/C20H20N2O2/c23-19-9-11-22(18(19)12-14-4-2-1-3-5-14)20(24)16-6-7-17-15(13-16)8-10-21-17/h1-8,10,13,18-19,21,23H,9,11-12H2/t18-,19+/m0/s1. The van der Waals surface area contributed by atoms with Crippen molar-refractivity contribution in [3.63, 3.8) is 0 Å². The van der Waals surface area contributed by atoms with Gasteiger partial charge in [0.2, 0.25) is 0 Å². The van der Waals surface area contributed by atoms with E-state index >= 15 is 0 Å². The van der Waals surface area contributed by atoms with Gasteiger partial charge >= 0.3 is 0 Å². The minimum atomic E-state index is -0.467. The summed E-state index contributed by atoms with van der Waals surface area (Å²) in [5, 5.41) is 11.4. The maximum Gasteiger partial charge on any atom is 0.254 e. The second-order valence-corrected chi connectivity index (χ2v) is 6.39. The van der Waals surface area contributed by atoms with Gasteiger partial charge in [-0.2, -0.15) is 0 Å². The van der Waals surface area contributed by atoms with Crippen LogP contribution in [0.4, 0.5) is 0 Å². The third-order valence-corrected chi connectivity index (χ3v) is 4.86. The van der Waals surface area contributed by atoms with E-state index in [1.54, 1.807) is 0 Å². The number of benzene rings is 2. The smallest absolute Gasteiger partial charge is 0.254 e. The Bertz CT molecular complexity index is 856. The van der Waals surface area contributed by atoms with Gasteiger partial charge in [-0.15, -0.1) is 0 Å². The number of nitrogens with one attached hydrogen (secondary N) is 1. The second-order valence-electron chi connectivity index (χ2n) is 6.39. The summed E-state index contributed by atoms with van der Waals surface area (Å²) in [6.07, 6.45) is 2.72. The van der Waals surface area contributed by atoms with E-state index in [0.717, 1.165) is 16.5 Å². The Morgan fingerprint density at radius 1 is 1.17 bits per heavy atom. The van der Waals surface area contributed by atoms with Gasteiger partial charge in [-0.25, -0.2) is 0 Å². The predicted molar refractivity (Wildman–Crippen MR) is 93.9 cm³/mol. The van der Waals surface area contributed by atoms with Gasteiger partial charge in [-0.1, -0.05) is 30.3 Å². The van der Waals surface area contributed by atoms with Gasteiger partial charge in [0.25, 0.3) is 5.91 Å². The van der Waals surface area contributed by atoms with Gasteiger partial charge < -0.3 is 15.0 Å². The molecule has 3 aromatic rings. The lowest BCUT2D eigenvalue weighted by molar-refractivity contribution is 0.0640. The van der Waals surface area contributed by atoms with Crippen molar-refractivity contribution in [2.75, 3.05) is 6.54 Å². The first-order valence-electron chi connectivity index (χ1n) is 8.32. The molecular formula is C20H20N2O2. The van der Waals surface area contributed by atoms with Crippen LogP contribution in [0.1, 0.15) is 22.3 Å². The van der Waals surface area contributed by atoms with E-state index in [2.05, 4.69) is 4.98 Å². The highest BCUT2D eigenvalue weighted by molar-refractivity contribution is 5.98. The molecule has 4 heteroatoms. The molecule has 1 fully saturated rings. The Morgan fingerprint density at radius 2 is 2.00 bits per heavy atom. The molecule has 1 aliphatic heterocycles. The van der Waals surface area contributed by atoms with E-state index in [9.17, 15) is 9.90 Å². The lowest BCUT2D eigenvalue weighted by atomic mass is 10.0. The highest BCUT2D eigenvalue weighted by Gasteiger charge is 2.36. The summed E-state index contributed by atoms with van der Waals surface area (Å²) >= 11 is 0. The minimum absolute atomic E-state index is 0.00409. The molecule has 24 heavy (non-hydrogen) atoms. The zero-order valence-electron chi connectivity index (χ0n) is 13.4. The van der Waals surface area contributed by atoms with E-state index < -0.39 is 6.10 Å². The number of carbonyl (C=O) groups excluding carboxylic acids is 1. The fraction of sp³-hybridized carbons (Fsp3) is 0.250. The number of likely N-dealkylation sites (tertiary alicyclic amines) is 1. The molecule has 1 aliphatic rings. The number of hydrogen-bond donors (Lipinski definition) is 2. The molecule has 1 aromatic heterocycles. The molecule has 0 bridgehead atoms. The van der Waals surface area contributed by atoms with Gasteiger partial charge in [0.1, 0.15) is 0 Å². The highest BCUT2D eigenvalue weighted by Crippen LogP contribution is 2.25. The van der Waals surface area contributed by atoms with Crippen LogP contribution in [-0.2, 0) is 6.42 Å². The number of aliphatic hydroxyl groups excluding tert-OH is 1. The number of hydrogen-bond acceptors (Lipinski definition) is 2. The third kappa shape index (κ3) is 2.69. The Morgan fingerprint density at radius 3 is 2.83 bits per heavy atom. The van der Waals surface area contributed by atoms with Gasteiger partial charge in [0.15, 0.2) is 0 Å². The lowest BCUT2D eigenvalue weighted by Crippen LogP contribution is -2.41. The molecular weight excluding hydrogens is 300 g/mol. The van der Waals surface area contributed by atoms with Crippen molar-refractivity contribution in [1.82, 2.24) is 9.88 Å². The Hall–Kier alpha value is -2.59. The molecule has 122 valence electrons. The topological polar surface area (TPSA) is 56.3 Å². The maximum atomic E-state index is 13.0. The van der Waals surface area contributed by atoms with Crippen LogP contribution in [0, 0.1) is 0 Å². The molecule has 1 amide bonds. The molecule has 2 heterocycles. The molecule has 0 saturated carbocycles. The van der Waals surface area contributed by atoms with Crippen molar-refractivity contribution in [1.29, 1.82) is 0 Å². The van der Waals surface area contributed by atoms with Crippen LogP contribution in [-0.4, -0.2) is 39.6 Å². The summed E-state index contributed by atoms with van der Waals surface area (Å²) in [5.74, 6) is -0.00409. The Kier molecular flexibility index (Phi) is 3.82. The van der Waals surface area contributed by atoms with Crippen LogP contribution in [0.5, 0.6) is 0 Å². The van der Waals surface area contributed by atoms with Crippen LogP contribution in [0.3, 0.4) is 0 Å². The average Bonchev–Trinajstić information content (AvgIpc) is 3.22. The van der Waals surface area contributed by atoms with Crippen molar-refractivity contribution in [3.8, 4) is 0 Å². The quantitative estimate of drug-likeness (QED) is 0.779. The summed E-state index contributed by atoms with van der Waals surface area (Å²) in [7, 11) is 0. The summed E-state index contributed by atoms with van der Waals surface area (Å²) < 4.78 is 0. The summed E-state index contributed by atoms with van der Waals surface area (Å²) in [6, 6.07) is 17.5. The number of rotatable bonds is 3. The Labute approximate surface area is 140 Å². The largest absolute Gasteiger partial charge is 0.391 e. The van der Waals surface area contributed by atoms with Gasteiger partial charge in [-0.3, -0.25) is 4.79 Å². The number of carbonyl (C=O) groups is 1. The molecule has 0 spiro atoms. The molecule has 4 nitrogen and oxygen atoms in total. The molecule has 4 rings (SSSR count). The first-order valence-corrected chi connectivity index (χ1v) is 8.32. The lowest BCUT2D eigenvalue weighted by Gasteiger charge is -2.26. The molecule has 2 N–H and O–H groups in total. The normalized spacial score (nSPS) is 20.6. The second kappa shape index (κ2) is 6.13. The van der Waals surface area contributed by atoms with Crippen LogP contribution in [0.15, 0.2) is 60.8 Å². The van der Waals surface area contributed by atoms with Crippen LogP contribution >= 0.6 is 0 Å². The SMILES string of the molecule is O=C(c1ccc2[nH]ccc2c1)N1CC[C@@H](O)[C@@H]1Cc1ccccc1. The van der Waals surface area contributed by atoms with Crippen LogP contribution < -0.4 is 0 Å². The minimum Gasteiger partial charge on any atom is -0.391 e. The fourth-order valence-electron chi connectivity index (χ4n) is 3.54. The summed E-state index contributed by atoms with van der Waals surface area (Å²) in [6.45, 7) is 0.600. The van der Waals surface area contributed by atoms with E-state index in [1.165, 1.54) is 0 Å². The molecule has 2 aromatic carbocycles. The average molecular weight is 320 g/mol. The van der Waals surface area contributed by atoms with E-state index in [4.69, 9.17) is 0 Å². The van der Waals surface area contributed by atoms with E-state index in [-0.39, 0.29) is 11.9 Å². The van der Waals surface area contributed by atoms with Crippen molar-refractivity contribution in [2.45, 2.75) is 25.0 Å². The van der Waals surface area contributed by atoms with Crippen molar-refractivity contribution in [3.05, 3.63) is 71.9 Å². The van der Waals surface area contributed by atoms with Gasteiger partial charge in [0.05, 0.1) is 12.1 Å². The zero-order chi connectivity index (χ0) is 16.5. The first kappa shape index (κ1) is 15.0. The van der Waals surface area contributed by atoms with E-state index in [1.807, 2.05) is 65.7 Å². The first-order chi connectivity index (χ1) is 11.7. The summed E-state index contributed by atoms with van der Waals surface area (Å²) in [4.78, 5) is 17.9. The van der Waals surface area contributed by atoms with Crippen molar-refractivity contribution < 1.29 is 9.90 Å². The number of aromatic nitrogens is 1. The van der Waals surface area contributed by atoms with Crippen molar-refractivity contribution in [2.24, 2.45) is 0 Å². The third-order valence-electron chi connectivity index (χ3n) is 4.86. The number of aromatic amines is 1. The van der Waals surface area contributed by atoms with Gasteiger partial charge in [-0.05, 0) is 42.7 Å². The summed E-state index contributed by atoms with van der Waals surface area (Å²) in [5.41, 5.74) is 2.84. The molecule has 2 atom stereocenters. The number of amides is 1. The van der Waals surface area contributed by atoms with E-state index in [0.29, 0.717) is 24.9 Å². The number of aliphatic hydroxyl groups is 1. The number of fused-ring (bicyclic) bond motifs is 1. The predicted octanol–water partition coefficient (Wildman–Crippen LogP) is 2.99. The molecule has 0 radical (unpaired) electrons. The Balaban J connectivity index is 1.59. The number of nitrogens with zero attached hydrogens (tertiary/aromatic N) is 1. The fourth-order valence-corrected chi connectivity index (χ4v) is 3.54. The van der Waals surface area contributed by atoms with Crippen LogP contribution in [0.25, 0.3) is 10.9 Å². The monoisotopic (exact) mass is 320 g/mol. The maximum absolute atomic E-state index is 13.0. The van der Waals surface area contributed by atoms with Gasteiger partial charge in [0, 0.05) is 29.2 Å². The molecule has 0 aliphatic carbocycles. The van der Waals surface area contributed by atoms with Crippen molar-refractivity contribution >= 4 is 16.8 Å².